The number of carbonyl (C=O) groups is 3. The Bertz CT molecular complexity index is 1230. The summed E-state index contributed by atoms with van der Waals surface area (Å²) in [7, 11) is 0. The van der Waals surface area contributed by atoms with E-state index in [1.807, 2.05) is 0 Å². The second-order valence-electron chi connectivity index (χ2n) is 6.99. The van der Waals surface area contributed by atoms with E-state index in [0.717, 1.165) is 28.8 Å². The zero-order chi connectivity index (χ0) is 23.8. The third-order valence-corrected chi connectivity index (χ3v) is 5.85. The standard InChI is InChI=1S/C21H14F3N5O3S/c22-21(23,24)13-5-1-11(2-6-13)15-10-26-28-20(27-15)33-16-9-17(30)29(19(16)32)14-7-3-12(4-8-14)18(25)31/h1-8,10,16H,9H2,(H2,25,31). The van der Waals surface area contributed by atoms with Crippen molar-refractivity contribution in [2.45, 2.75) is 23.0 Å². The van der Waals surface area contributed by atoms with Crippen LogP contribution in [-0.2, 0) is 15.8 Å². The molecule has 3 aromatic rings. The van der Waals surface area contributed by atoms with E-state index < -0.39 is 34.7 Å². The Hall–Kier alpha value is -3.80. The molecule has 0 saturated carbocycles. The van der Waals surface area contributed by atoms with E-state index in [0.29, 0.717) is 11.3 Å². The van der Waals surface area contributed by atoms with Crippen molar-refractivity contribution in [2.24, 2.45) is 5.73 Å². The summed E-state index contributed by atoms with van der Waals surface area (Å²) in [6, 6.07) is 10.1. The predicted octanol–water partition coefficient (Wildman–Crippen LogP) is 3.08. The van der Waals surface area contributed by atoms with Gasteiger partial charge in [0.15, 0.2) is 0 Å². The maximum absolute atomic E-state index is 12.8. The maximum atomic E-state index is 12.8. The average Bonchev–Trinajstić information content (AvgIpc) is 3.06. The topological polar surface area (TPSA) is 119 Å². The largest absolute Gasteiger partial charge is 0.416 e. The Labute approximate surface area is 189 Å². The molecule has 12 heteroatoms. The van der Waals surface area contributed by atoms with E-state index in [9.17, 15) is 27.6 Å². The van der Waals surface area contributed by atoms with Gasteiger partial charge in [-0.3, -0.25) is 14.4 Å². The molecule has 4 rings (SSSR count). The van der Waals surface area contributed by atoms with Gasteiger partial charge < -0.3 is 5.73 Å². The number of benzene rings is 2. The molecular weight excluding hydrogens is 459 g/mol. The van der Waals surface area contributed by atoms with Crippen LogP contribution in [0.25, 0.3) is 11.3 Å². The third-order valence-electron chi connectivity index (χ3n) is 4.81. The van der Waals surface area contributed by atoms with Crippen molar-refractivity contribution in [2.75, 3.05) is 4.90 Å². The summed E-state index contributed by atoms with van der Waals surface area (Å²) in [5.41, 5.74) is 5.62. The minimum absolute atomic E-state index is 0.101. The summed E-state index contributed by atoms with van der Waals surface area (Å²) in [5.74, 6) is -1.55. The van der Waals surface area contributed by atoms with Crippen LogP contribution in [0.15, 0.2) is 59.9 Å². The number of rotatable bonds is 5. The zero-order valence-corrected chi connectivity index (χ0v) is 17.4. The van der Waals surface area contributed by atoms with Crippen molar-refractivity contribution < 1.29 is 27.6 Å². The second kappa shape index (κ2) is 8.62. The Morgan fingerprint density at radius 2 is 1.73 bits per heavy atom. The molecule has 33 heavy (non-hydrogen) atoms. The number of amides is 3. The van der Waals surface area contributed by atoms with Crippen molar-refractivity contribution in [3.8, 4) is 11.3 Å². The van der Waals surface area contributed by atoms with Crippen molar-refractivity contribution >= 4 is 35.2 Å². The summed E-state index contributed by atoms with van der Waals surface area (Å²) in [4.78, 5) is 41.8. The van der Waals surface area contributed by atoms with Crippen LogP contribution >= 0.6 is 11.8 Å². The van der Waals surface area contributed by atoms with Gasteiger partial charge in [0.1, 0.15) is 5.25 Å². The van der Waals surface area contributed by atoms with Crippen LogP contribution in [0.1, 0.15) is 22.3 Å². The Balaban J connectivity index is 1.51. The number of nitrogens with zero attached hydrogens (tertiary/aromatic N) is 4. The SMILES string of the molecule is NC(=O)c1ccc(N2C(=O)CC(Sc3nncc(-c4ccc(C(F)(F)F)cc4)n3)C2=O)cc1. The third kappa shape index (κ3) is 4.70. The number of alkyl halides is 3. The molecule has 1 atom stereocenters. The van der Waals surface area contributed by atoms with Gasteiger partial charge in [-0.15, -0.1) is 5.10 Å². The summed E-state index contributed by atoms with van der Waals surface area (Å²) in [5, 5.41) is 6.97. The molecule has 1 fully saturated rings. The van der Waals surface area contributed by atoms with E-state index in [2.05, 4.69) is 15.2 Å². The molecule has 1 unspecified atom stereocenters. The highest BCUT2D eigenvalue weighted by atomic mass is 32.2. The summed E-state index contributed by atoms with van der Waals surface area (Å²) < 4.78 is 38.3. The molecule has 2 heterocycles. The van der Waals surface area contributed by atoms with Crippen molar-refractivity contribution in [1.82, 2.24) is 15.2 Å². The van der Waals surface area contributed by atoms with Gasteiger partial charge in [-0.25, -0.2) is 9.88 Å². The van der Waals surface area contributed by atoms with Crippen molar-refractivity contribution in [3.63, 3.8) is 0 Å². The number of halogens is 3. The number of hydrogen-bond donors (Lipinski definition) is 1. The van der Waals surface area contributed by atoms with Gasteiger partial charge in [0.25, 0.3) is 0 Å². The first-order chi connectivity index (χ1) is 15.6. The van der Waals surface area contributed by atoms with E-state index >= 15 is 0 Å². The lowest BCUT2D eigenvalue weighted by Gasteiger charge is -2.15. The molecule has 1 saturated heterocycles. The van der Waals surface area contributed by atoms with Gasteiger partial charge in [-0.2, -0.15) is 18.3 Å². The minimum atomic E-state index is -4.45. The van der Waals surface area contributed by atoms with Gasteiger partial charge in [0.2, 0.25) is 22.9 Å². The van der Waals surface area contributed by atoms with Gasteiger partial charge in [0.05, 0.1) is 23.1 Å². The zero-order valence-electron chi connectivity index (χ0n) is 16.6. The van der Waals surface area contributed by atoms with Crippen molar-refractivity contribution in [1.29, 1.82) is 0 Å². The van der Waals surface area contributed by atoms with Crippen LogP contribution in [-0.4, -0.2) is 38.2 Å². The van der Waals surface area contributed by atoms with Crippen LogP contribution in [0.4, 0.5) is 18.9 Å². The molecule has 1 aliphatic heterocycles. The normalized spacial score (nSPS) is 16.3. The molecule has 168 valence electrons. The monoisotopic (exact) mass is 473 g/mol. The van der Waals surface area contributed by atoms with Crippen LogP contribution in [0.2, 0.25) is 0 Å². The summed E-state index contributed by atoms with van der Waals surface area (Å²) >= 11 is 0.935. The lowest BCUT2D eigenvalue weighted by atomic mass is 10.1. The summed E-state index contributed by atoms with van der Waals surface area (Å²) in [6.45, 7) is 0. The van der Waals surface area contributed by atoms with Crippen LogP contribution in [0.3, 0.4) is 0 Å². The van der Waals surface area contributed by atoms with E-state index in [1.54, 1.807) is 0 Å². The van der Waals surface area contributed by atoms with E-state index in [1.165, 1.54) is 42.6 Å². The fraction of sp³-hybridized carbons (Fsp3) is 0.143. The molecule has 2 aromatic carbocycles. The molecule has 3 amide bonds. The Morgan fingerprint density at radius 3 is 2.33 bits per heavy atom. The van der Waals surface area contributed by atoms with Crippen LogP contribution < -0.4 is 10.6 Å². The van der Waals surface area contributed by atoms with Crippen molar-refractivity contribution in [3.05, 3.63) is 65.9 Å². The number of aromatic nitrogens is 3. The molecule has 2 N–H and O–H groups in total. The first kappa shape index (κ1) is 22.4. The summed E-state index contributed by atoms with van der Waals surface area (Å²) in [6.07, 6.45) is -3.26. The molecule has 1 aliphatic rings. The second-order valence-corrected chi connectivity index (χ2v) is 8.16. The molecule has 0 spiro atoms. The lowest BCUT2D eigenvalue weighted by Crippen LogP contribution is -2.31. The molecule has 1 aromatic heterocycles. The molecule has 0 radical (unpaired) electrons. The number of hydrogen-bond acceptors (Lipinski definition) is 7. The number of carbonyl (C=O) groups excluding carboxylic acids is 3. The van der Waals surface area contributed by atoms with Gasteiger partial charge in [-0.05, 0) is 36.4 Å². The fourth-order valence-electron chi connectivity index (χ4n) is 3.18. The molecular formula is C21H14F3N5O3S. The molecule has 0 aliphatic carbocycles. The highest BCUT2D eigenvalue weighted by Crippen LogP contribution is 2.34. The lowest BCUT2D eigenvalue weighted by molar-refractivity contribution is -0.137. The minimum Gasteiger partial charge on any atom is -0.366 e. The highest BCUT2D eigenvalue weighted by Gasteiger charge is 2.40. The van der Waals surface area contributed by atoms with Crippen LogP contribution in [0, 0.1) is 0 Å². The first-order valence-corrected chi connectivity index (χ1v) is 10.3. The Kier molecular flexibility index (Phi) is 5.85. The molecule has 8 nitrogen and oxygen atoms in total. The average molecular weight is 473 g/mol. The maximum Gasteiger partial charge on any atom is 0.416 e. The van der Waals surface area contributed by atoms with Gasteiger partial charge in [0, 0.05) is 17.5 Å². The Morgan fingerprint density at radius 1 is 1.06 bits per heavy atom. The number of thioether (sulfide) groups is 1. The first-order valence-electron chi connectivity index (χ1n) is 9.44. The van der Waals surface area contributed by atoms with Gasteiger partial charge in [-0.1, -0.05) is 23.9 Å². The number of imide groups is 1. The number of nitrogens with two attached hydrogens (primary N) is 1. The fourth-order valence-corrected chi connectivity index (χ4v) is 4.11. The van der Waals surface area contributed by atoms with Crippen LogP contribution in [0.5, 0.6) is 0 Å². The smallest absolute Gasteiger partial charge is 0.366 e. The predicted molar refractivity (Wildman–Crippen MR) is 112 cm³/mol. The number of anilines is 1. The van der Waals surface area contributed by atoms with E-state index in [-0.39, 0.29) is 22.8 Å². The number of primary amides is 1. The highest BCUT2D eigenvalue weighted by molar-refractivity contribution is 8.00. The van der Waals surface area contributed by atoms with E-state index in [4.69, 9.17) is 5.73 Å². The molecule has 0 bridgehead atoms. The van der Waals surface area contributed by atoms with Gasteiger partial charge >= 0.3 is 6.18 Å². The quantitative estimate of drug-likeness (QED) is 0.566.